The van der Waals surface area contributed by atoms with E-state index >= 15 is 0 Å². The molecular formula is C19H22FN5O3S. The van der Waals surface area contributed by atoms with Crippen molar-refractivity contribution in [2.75, 3.05) is 50.7 Å². The molecule has 2 saturated heterocycles. The minimum Gasteiger partial charge on any atom is -0.353 e. The number of halogens is 1. The van der Waals surface area contributed by atoms with Gasteiger partial charge in [0.05, 0.1) is 10.2 Å². The van der Waals surface area contributed by atoms with Gasteiger partial charge in [0.25, 0.3) is 0 Å². The molecule has 1 N–H and O–H groups in total. The molecule has 10 heteroatoms. The predicted molar refractivity (Wildman–Crippen MR) is 107 cm³/mol. The number of anilines is 1. The summed E-state index contributed by atoms with van der Waals surface area (Å²) in [6, 6.07) is 4.64. The van der Waals surface area contributed by atoms with E-state index < -0.39 is 0 Å². The number of nitrogens with zero attached hydrogens (tertiary/aromatic N) is 4. The van der Waals surface area contributed by atoms with Gasteiger partial charge in [-0.15, -0.1) is 0 Å². The van der Waals surface area contributed by atoms with Crippen molar-refractivity contribution in [3.63, 3.8) is 0 Å². The van der Waals surface area contributed by atoms with Crippen LogP contribution in [0.1, 0.15) is 12.8 Å². The summed E-state index contributed by atoms with van der Waals surface area (Å²) in [5.74, 6) is -1.12. The Morgan fingerprint density at radius 3 is 2.59 bits per heavy atom. The lowest BCUT2D eigenvalue weighted by Crippen LogP contribution is -2.49. The SMILES string of the molecule is O=C(CN1C(=O)CCC1=O)NCCN1CCN(c2nc3ccc(F)cc3s2)CC1. The van der Waals surface area contributed by atoms with Gasteiger partial charge in [0.15, 0.2) is 5.13 Å². The molecule has 2 aliphatic heterocycles. The molecule has 2 fully saturated rings. The second kappa shape index (κ2) is 8.42. The zero-order valence-corrected chi connectivity index (χ0v) is 16.7. The fourth-order valence-corrected chi connectivity index (χ4v) is 4.58. The van der Waals surface area contributed by atoms with Gasteiger partial charge in [-0.2, -0.15) is 0 Å². The summed E-state index contributed by atoms with van der Waals surface area (Å²) in [4.78, 5) is 45.1. The number of imide groups is 1. The largest absolute Gasteiger partial charge is 0.353 e. The quantitative estimate of drug-likeness (QED) is 0.698. The van der Waals surface area contributed by atoms with Crippen molar-refractivity contribution in [2.45, 2.75) is 12.8 Å². The lowest BCUT2D eigenvalue weighted by molar-refractivity contribution is -0.142. The predicted octanol–water partition coefficient (Wildman–Crippen LogP) is 0.823. The van der Waals surface area contributed by atoms with E-state index in [1.54, 1.807) is 6.07 Å². The van der Waals surface area contributed by atoms with Gasteiger partial charge in [-0.3, -0.25) is 24.2 Å². The monoisotopic (exact) mass is 419 g/mol. The first-order valence-electron chi connectivity index (χ1n) is 9.63. The van der Waals surface area contributed by atoms with E-state index in [0.29, 0.717) is 13.1 Å². The van der Waals surface area contributed by atoms with Gasteiger partial charge >= 0.3 is 0 Å². The number of likely N-dealkylation sites (tertiary alicyclic amines) is 1. The third-order valence-electron chi connectivity index (χ3n) is 5.19. The van der Waals surface area contributed by atoms with E-state index in [4.69, 9.17) is 0 Å². The van der Waals surface area contributed by atoms with Gasteiger partial charge in [0.2, 0.25) is 17.7 Å². The summed E-state index contributed by atoms with van der Waals surface area (Å²) in [6.45, 7) is 4.28. The Morgan fingerprint density at radius 2 is 1.86 bits per heavy atom. The second-order valence-corrected chi connectivity index (χ2v) is 8.17. The molecule has 2 aliphatic rings. The van der Waals surface area contributed by atoms with Crippen molar-refractivity contribution in [3.8, 4) is 0 Å². The normalized spacial score (nSPS) is 18.1. The van der Waals surface area contributed by atoms with Crippen molar-refractivity contribution in [1.29, 1.82) is 0 Å². The van der Waals surface area contributed by atoms with Crippen LogP contribution >= 0.6 is 11.3 Å². The number of rotatable bonds is 6. The first-order valence-corrected chi connectivity index (χ1v) is 10.4. The van der Waals surface area contributed by atoms with E-state index in [2.05, 4.69) is 20.1 Å². The van der Waals surface area contributed by atoms with Crippen molar-refractivity contribution >= 4 is 44.4 Å². The third-order valence-corrected chi connectivity index (χ3v) is 6.27. The number of piperazine rings is 1. The molecule has 2 aromatic rings. The maximum absolute atomic E-state index is 13.4. The highest BCUT2D eigenvalue weighted by atomic mass is 32.1. The summed E-state index contributed by atoms with van der Waals surface area (Å²) in [5, 5.41) is 3.68. The summed E-state index contributed by atoms with van der Waals surface area (Å²) < 4.78 is 14.2. The molecule has 0 saturated carbocycles. The third kappa shape index (κ3) is 4.54. The van der Waals surface area contributed by atoms with Crippen molar-refractivity contribution in [3.05, 3.63) is 24.0 Å². The summed E-state index contributed by atoms with van der Waals surface area (Å²) in [5.41, 5.74) is 0.812. The number of nitrogens with one attached hydrogen (secondary N) is 1. The summed E-state index contributed by atoms with van der Waals surface area (Å²) in [7, 11) is 0. The van der Waals surface area contributed by atoms with Crippen LogP contribution in [0.3, 0.4) is 0 Å². The number of benzene rings is 1. The number of amides is 3. The highest BCUT2D eigenvalue weighted by molar-refractivity contribution is 7.22. The van der Waals surface area contributed by atoms with Crippen molar-refractivity contribution in [2.24, 2.45) is 0 Å². The van der Waals surface area contributed by atoms with Crippen LogP contribution in [0.2, 0.25) is 0 Å². The van der Waals surface area contributed by atoms with E-state index in [9.17, 15) is 18.8 Å². The maximum atomic E-state index is 13.4. The van der Waals surface area contributed by atoms with E-state index in [0.717, 1.165) is 46.4 Å². The second-order valence-electron chi connectivity index (χ2n) is 7.16. The van der Waals surface area contributed by atoms with Crippen LogP contribution in [0, 0.1) is 5.82 Å². The van der Waals surface area contributed by atoms with Crippen LogP contribution in [0.25, 0.3) is 10.2 Å². The van der Waals surface area contributed by atoms with E-state index in [1.807, 2.05) is 0 Å². The Balaban J connectivity index is 1.20. The van der Waals surface area contributed by atoms with E-state index in [-0.39, 0.29) is 42.9 Å². The Bertz CT molecular complexity index is 925. The molecule has 1 aromatic heterocycles. The number of hydrogen-bond acceptors (Lipinski definition) is 7. The molecule has 3 amide bonds. The van der Waals surface area contributed by atoms with Crippen LogP contribution in [0.4, 0.5) is 9.52 Å². The molecule has 0 spiro atoms. The van der Waals surface area contributed by atoms with Crippen LogP contribution in [-0.2, 0) is 14.4 Å². The highest BCUT2D eigenvalue weighted by Crippen LogP contribution is 2.29. The average molecular weight is 419 g/mol. The number of fused-ring (bicyclic) bond motifs is 1. The molecule has 0 radical (unpaired) electrons. The molecule has 0 bridgehead atoms. The maximum Gasteiger partial charge on any atom is 0.240 e. The molecule has 0 atom stereocenters. The van der Waals surface area contributed by atoms with Crippen molar-refractivity contribution in [1.82, 2.24) is 20.1 Å². The van der Waals surface area contributed by atoms with Gasteiger partial charge in [-0.1, -0.05) is 11.3 Å². The zero-order chi connectivity index (χ0) is 20.4. The first kappa shape index (κ1) is 19.7. The Kier molecular flexibility index (Phi) is 5.72. The van der Waals surface area contributed by atoms with Gasteiger partial charge < -0.3 is 10.2 Å². The van der Waals surface area contributed by atoms with Crippen LogP contribution in [0.5, 0.6) is 0 Å². The van der Waals surface area contributed by atoms with Crippen LogP contribution in [0.15, 0.2) is 18.2 Å². The Labute approximate surface area is 171 Å². The standard InChI is InChI=1S/C19H22FN5O3S/c20-13-1-2-14-15(11-13)29-19(22-14)24-9-7-23(8-10-24)6-5-21-16(26)12-25-17(27)3-4-18(25)28/h1-2,11H,3-10,12H2,(H,21,26). The lowest BCUT2D eigenvalue weighted by atomic mass is 10.3. The molecule has 29 heavy (non-hydrogen) atoms. The van der Waals surface area contributed by atoms with Gasteiger partial charge in [-0.25, -0.2) is 9.37 Å². The number of aromatic nitrogens is 1. The Hall–Kier alpha value is -2.59. The molecule has 4 rings (SSSR count). The summed E-state index contributed by atoms with van der Waals surface area (Å²) >= 11 is 1.50. The first-order chi connectivity index (χ1) is 14.0. The van der Waals surface area contributed by atoms with Gasteiger partial charge in [0, 0.05) is 52.1 Å². The molecule has 3 heterocycles. The fraction of sp³-hybridized carbons (Fsp3) is 0.474. The molecular weight excluding hydrogens is 397 g/mol. The van der Waals surface area contributed by atoms with Gasteiger partial charge in [0.1, 0.15) is 12.4 Å². The van der Waals surface area contributed by atoms with Crippen LogP contribution in [-0.4, -0.2) is 78.3 Å². The zero-order valence-electron chi connectivity index (χ0n) is 15.9. The van der Waals surface area contributed by atoms with E-state index in [1.165, 1.54) is 23.5 Å². The van der Waals surface area contributed by atoms with Crippen LogP contribution < -0.4 is 10.2 Å². The number of thiazole rings is 1. The molecule has 0 unspecified atom stereocenters. The molecule has 0 aliphatic carbocycles. The minimum atomic E-state index is -0.311. The van der Waals surface area contributed by atoms with Crippen molar-refractivity contribution < 1.29 is 18.8 Å². The average Bonchev–Trinajstić information content (AvgIpc) is 3.26. The number of carbonyl (C=O) groups is 3. The minimum absolute atomic E-state index is 0.191. The topological polar surface area (TPSA) is 85.8 Å². The number of carbonyl (C=O) groups excluding carboxylic acids is 3. The lowest BCUT2D eigenvalue weighted by Gasteiger charge is -2.34. The molecule has 1 aromatic carbocycles. The van der Waals surface area contributed by atoms with Gasteiger partial charge in [-0.05, 0) is 18.2 Å². The molecule has 154 valence electrons. The smallest absolute Gasteiger partial charge is 0.240 e. The number of hydrogen-bond donors (Lipinski definition) is 1. The highest BCUT2D eigenvalue weighted by Gasteiger charge is 2.30. The summed E-state index contributed by atoms with van der Waals surface area (Å²) in [6.07, 6.45) is 0.389. The fourth-order valence-electron chi connectivity index (χ4n) is 3.54. The Morgan fingerprint density at radius 1 is 1.14 bits per heavy atom. The molecule has 8 nitrogen and oxygen atoms in total.